The summed E-state index contributed by atoms with van der Waals surface area (Å²) in [6, 6.07) is 6.75. The van der Waals surface area contributed by atoms with Crippen molar-refractivity contribution in [3.63, 3.8) is 0 Å². The molecule has 1 heterocycles. The maximum absolute atomic E-state index is 12.5. The van der Waals surface area contributed by atoms with E-state index in [1.807, 2.05) is 24.3 Å². The van der Waals surface area contributed by atoms with Crippen molar-refractivity contribution in [2.75, 3.05) is 6.61 Å². The van der Waals surface area contributed by atoms with Crippen LogP contribution in [0.25, 0.3) is 0 Å². The highest BCUT2D eigenvalue weighted by Crippen LogP contribution is 2.32. The van der Waals surface area contributed by atoms with Crippen LogP contribution in [0.1, 0.15) is 24.9 Å². The second kappa shape index (κ2) is 4.78. The molecule has 1 N–H and O–H groups in total. The molecule has 1 aliphatic rings. The minimum atomic E-state index is -2.34. The van der Waals surface area contributed by atoms with Crippen molar-refractivity contribution >= 4 is 0 Å². The van der Waals surface area contributed by atoms with Crippen molar-refractivity contribution in [2.45, 2.75) is 31.9 Å². The Morgan fingerprint density at radius 3 is 2.88 bits per heavy atom. The molecule has 4 heteroatoms. The van der Waals surface area contributed by atoms with E-state index in [9.17, 15) is 8.78 Å². The summed E-state index contributed by atoms with van der Waals surface area (Å²) in [6.45, 7) is 2.08. The molecule has 2 atom stereocenters. The van der Waals surface area contributed by atoms with E-state index in [0.717, 1.165) is 17.7 Å². The average Bonchev–Trinajstić information content (AvgIpc) is 2.29. The number of hydrogen-bond donors (Lipinski definition) is 1. The third-order valence-electron chi connectivity index (χ3n) is 2.80. The van der Waals surface area contributed by atoms with Crippen LogP contribution >= 0.6 is 0 Å². The van der Waals surface area contributed by atoms with Gasteiger partial charge in [0.1, 0.15) is 5.75 Å². The molecule has 0 saturated carbocycles. The first kappa shape index (κ1) is 11.3. The van der Waals surface area contributed by atoms with Crippen molar-refractivity contribution in [1.82, 2.24) is 5.32 Å². The van der Waals surface area contributed by atoms with Crippen LogP contribution in [0.2, 0.25) is 0 Å². The lowest BCUT2D eigenvalue weighted by Gasteiger charge is -2.29. The molecule has 1 aromatic carbocycles. The zero-order chi connectivity index (χ0) is 11.5. The minimum Gasteiger partial charge on any atom is -0.493 e. The molecule has 0 amide bonds. The Balaban J connectivity index is 2.13. The van der Waals surface area contributed by atoms with Gasteiger partial charge < -0.3 is 10.1 Å². The van der Waals surface area contributed by atoms with Gasteiger partial charge in [0.15, 0.2) is 0 Å². The van der Waals surface area contributed by atoms with Crippen molar-refractivity contribution in [1.29, 1.82) is 0 Å². The lowest BCUT2D eigenvalue weighted by Crippen LogP contribution is -2.37. The molecule has 0 aromatic heterocycles. The fourth-order valence-electron chi connectivity index (χ4n) is 1.91. The lowest BCUT2D eigenvalue weighted by atomic mass is 10.00. The number of fused-ring (bicyclic) bond motifs is 1. The van der Waals surface area contributed by atoms with Gasteiger partial charge in [-0.3, -0.25) is 0 Å². The van der Waals surface area contributed by atoms with Crippen LogP contribution in [0, 0.1) is 0 Å². The molecule has 1 aromatic rings. The van der Waals surface area contributed by atoms with Crippen LogP contribution in [0.3, 0.4) is 0 Å². The highest BCUT2D eigenvalue weighted by Gasteiger charge is 2.25. The van der Waals surface area contributed by atoms with Gasteiger partial charge in [-0.1, -0.05) is 18.2 Å². The van der Waals surface area contributed by atoms with Crippen LogP contribution in [0.15, 0.2) is 24.3 Å². The molecule has 0 fully saturated rings. The van der Waals surface area contributed by atoms with Crippen LogP contribution in [-0.4, -0.2) is 19.1 Å². The Morgan fingerprint density at radius 2 is 2.12 bits per heavy atom. The summed E-state index contributed by atoms with van der Waals surface area (Å²) < 4.78 is 30.4. The number of rotatable bonds is 3. The van der Waals surface area contributed by atoms with Gasteiger partial charge in [0, 0.05) is 18.0 Å². The molecule has 2 nitrogen and oxygen atoms in total. The van der Waals surface area contributed by atoms with E-state index < -0.39 is 12.5 Å². The number of nitrogens with one attached hydrogen (secondary N) is 1. The zero-order valence-corrected chi connectivity index (χ0v) is 9.12. The van der Waals surface area contributed by atoms with Gasteiger partial charge in [-0.05, 0) is 13.0 Å². The summed E-state index contributed by atoms with van der Waals surface area (Å²) in [5.41, 5.74) is 0.973. The highest BCUT2D eigenvalue weighted by molar-refractivity contribution is 5.37. The molecular weight excluding hydrogens is 212 g/mol. The van der Waals surface area contributed by atoms with E-state index in [4.69, 9.17) is 4.74 Å². The van der Waals surface area contributed by atoms with Gasteiger partial charge in [-0.15, -0.1) is 0 Å². The number of benzene rings is 1. The molecular formula is C12H15F2NO. The average molecular weight is 227 g/mol. The first-order chi connectivity index (χ1) is 7.68. The second-order valence-corrected chi connectivity index (χ2v) is 4.02. The summed E-state index contributed by atoms with van der Waals surface area (Å²) in [6.07, 6.45) is -1.61. The Labute approximate surface area is 93.6 Å². The predicted molar refractivity (Wildman–Crippen MR) is 57.9 cm³/mol. The maximum atomic E-state index is 12.5. The molecule has 1 aliphatic heterocycles. The number of ether oxygens (including phenoxy) is 1. The molecule has 88 valence electrons. The summed E-state index contributed by atoms with van der Waals surface area (Å²) >= 11 is 0. The Morgan fingerprint density at radius 1 is 1.38 bits per heavy atom. The molecule has 16 heavy (non-hydrogen) atoms. The smallest absolute Gasteiger partial charge is 0.253 e. The Hall–Kier alpha value is -1.16. The van der Waals surface area contributed by atoms with Gasteiger partial charge in [-0.2, -0.15) is 0 Å². The Kier molecular flexibility index (Phi) is 3.39. The van der Waals surface area contributed by atoms with Crippen LogP contribution < -0.4 is 10.1 Å². The quantitative estimate of drug-likeness (QED) is 0.857. The van der Waals surface area contributed by atoms with Crippen LogP contribution in [-0.2, 0) is 0 Å². The van der Waals surface area contributed by atoms with E-state index in [1.54, 1.807) is 0 Å². The highest BCUT2D eigenvalue weighted by atomic mass is 19.3. The number of hydrogen-bond acceptors (Lipinski definition) is 2. The first-order valence-corrected chi connectivity index (χ1v) is 5.44. The summed E-state index contributed by atoms with van der Waals surface area (Å²) in [7, 11) is 0. The van der Waals surface area contributed by atoms with Gasteiger partial charge >= 0.3 is 0 Å². The van der Waals surface area contributed by atoms with Crippen molar-refractivity contribution in [2.24, 2.45) is 0 Å². The largest absolute Gasteiger partial charge is 0.493 e. The number of alkyl halides is 2. The van der Waals surface area contributed by atoms with Crippen LogP contribution in [0.4, 0.5) is 8.78 Å². The molecule has 2 rings (SSSR count). The SMILES string of the molecule is CC(NC1CCOc2ccccc21)C(F)F. The zero-order valence-electron chi connectivity index (χ0n) is 9.12. The first-order valence-electron chi connectivity index (χ1n) is 5.44. The molecule has 0 spiro atoms. The van der Waals surface area contributed by atoms with E-state index in [0.29, 0.717) is 6.61 Å². The lowest BCUT2D eigenvalue weighted by molar-refractivity contribution is 0.0950. The third-order valence-corrected chi connectivity index (χ3v) is 2.80. The fraction of sp³-hybridized carbons (Fsp3) is 0.500. The normalized spacial score (nSPS) is 21.4. The Bertz CT molecular complexity index is 357. The van der Waals surface area contributed by atoms with Crippen molar-refractivity contribution in [3.8, 4) is 5.75 Å². The van der Waals surface area contributed by atoms with E-state index >= 15 is 0 Å². The van der Waals surface area contributed by atoms with E-state index in [-0.39, 0.29) is 6.04 Å². The predicted octanol–water partition coefficient (Wildman–Crippen LogP) is 2.75. The fourth-order valence-corrected chi connectivity index (χ4v) is 1.91. The standard InChI is InChI=1S/C12H15F2NO/c1-8(12(13)14)15-10-6-7-16-11-5-3-2-4-9(10)11/h2-5,8,10,12,15H,6-7H2,1H3. The van der Waals surface area contributed by atoms with Gasteiger partial charge in [-0.25, -0.2) is 8.78 Å². The van der Waals surface area contributed by atoms with E-state index in [2.05, 4.69) is 5.32 Å². The van der Waals surface area contributed by atoms with Crippen molar-refractivity contribution < 1.29 is 13.5 Å². The van der Waals surface area contributed by atoms with E-state index in [1.165, 1.54) is 6.92 Å². The molecule has 0 radical (unpaired) electrons. The monoisotopic (exact) mass is 227 g/mol. The molecule has 0 saturated heterocycles. The summed E-state index contributed by atoms with van der Waals surface area (Å²) in [5, 5.41) is 2.94. The van der Waals surface area contributed by atoms with Crippen LogP contribution in [0.5, 0.6) is 5.75 Å². The number of halogens is 2. The maximum Gasteiger partial charge on any atom is 0.253 e. The molecule has 2 unspecified atom stereocenters. The van der Waals surface area contributed by atoms with Crippen molar-refractivity contribution in [3.05, 3.63) is 29.8 Å². The summed E-state index contributed by atoms with van der Waals surface area (Å²) in [5.74, 6) is 0.799. The minimum absolute atomic E-state index is 0.0334. The third kappa shape index (κ3) is 2.32. The molecule has 0 bridgehead atoms. The van der Waals surface area contributed by atoms with Gasteiger partial charge in [0.05, 0.1) is 12.6 Å². The van der Waals surface area contributed by atoms with Gasteiger partial charge in [0.25, 0.3) is 6.43 Å². The molecule has 0 aliphatic carbocycles. The van der Waals surface area contributed by atoms with Gasteiger partial charge in [0.2, 0.25) is 0 Å². The second-order valence-electron chi connectivity index (χ2n) is 4.02. The number of para-hydroxylation sites is 1. The summed E-state index contributed by atoms with van der Waals surface area (Å²) in [4.78, 5) is 0. The topological polar surface area (TPSA) is 21.3 Å².